The SMILES string of the molecule is C#C[C@H](C)Oc1cnc(C)cn1.CC. The van der Waals surface area contributed by atoms with Gasteiger partial charge in [0.15, 0.2) is 6.10 Å². The highest BCUT2D eigenvalue weighted by atomic mass is 16.5. The Kier molecular flexibility index (Phi) is 6.13. The van der Waals surface area contributed by atoms with Crippen molar-refractivity contribution in [2.24, 2.45) is 0 Å². The molecule has 0 aliphatic heterocycles. The molecule has 0 unspecified atom stereocenters. The molecule has 3 nitrogen and oxygen atoms in total. The fourth-order valence-corrected chi connectivity index (χ4v) is 0.657. The van der Waals surface area contributed by atoms with Crippen molar-refractivity contribution in [1.82, 2.24) is 9.97 Å². The van der Waals surface area contributed by atoms with Crippen molar-refractivity contribution >= 4 is 0 Å². The average Bonchev–Trinajstić information content (AvgIpc) is 2.24. The smallest absolute Gasteiger partial charge is 0.233 e. The van der Waals surface area contributed by atoms with Crippen LogP contribution in [0.15, 0.2) is 12.4 Å². The molecular formula is C11H16N2O. The lowest BCUT2D eigenvalue weighted by Gasteiger charge is -2.06. The van der Waals surface area contributed by atoms with Gasteiger partial charge < -0.3 is 4.74 Å². The first-order valence-electron chi connectivity index (χ1n) is 4.64. The Hall–Kier alpha value is -1.56. The average molecular weight is 192 g/mol. The summed E-state index contributed by atoms with van der Waals surface area (Å²) >= 11 is 0. The molecule has 0 aliphatic carbocycles. The van der Waals surface area contributed by atoms with Crippen molar-refractivity contribution in [2.75, 3.05) is 0 Å². The van der Waals surface area contributed by atoms with Gasteiger partial charge in [0.25, 0.3) is 0 Å². The van der Waals surface area contributed by atoms with E-state index in [0.29, 0.717) is 5.88 Å². The quantitative estimate of drug-likeness (QED) is 0.674. The molecule has 1 aromatic rings. The Morgan fingerprint density at radius 1 is 1.36 bits per heavy atom. The van der Waals surface area contributed by atoms with Gasteiger partial charge >= 0.3 is 0 Å². The van der Waals surface area contributed by atoms with Crippen LogP contribution in [0, 0.1) is 19.3 Å². The molecule has 0 aliphatic rings. The molecule has 1 heterocycles. The maximum absolute atomic E-state index is 5.21. The molecule has 0 aromatic carbocycles. The van der Waals surface area contributed by atoms with Gasteiger partial charge in [-0.2, -0.15) is 0 Å². The first-order chi connectivity index (χ1) is 6.72. The van der Waals surface area contributed by atoms with Crippen LogP contribution in [0.4, 0.5) is 0 Å². The van der Waals surface area contributed by atoms with Crippen LogP contribution >= 0.6 is 0 Å². The second-order valence-corrected chi connectivity index (χ2v) is 2.42. The Balaban J connectivity index is 0.000000791. The number of terminal acetylenes is 1. The highest BCUT2D eigenvalue weighted by Gasteiger charge is 1.99. The lowest BCUT2D eigenvalue weighted by atomic mass is 10.4. The molecule has 14 heavy (non-hydrogen) atoms. The normalized spacial score (nSPS) is 10.5. The molecule has 0 bridgehead atoms. The van der Waals surface area contributed by atoms with E-state index in [-0.39, 0.29) is 6.10 Å². The van der Waals surface area contributed by atoms with E-state index in [9.17, 15) is 0 Å². The molecule has 0 N–H and O–H groups in total. The first kappa shape index (κ1) is 12.4. The lowest BCUT2D eigenvalue weighted by Crippen LogP contribution is -2.09. The molecule has 1 atom stereocenters. The monoisotopic (exact) mass is 192 g/mol. The Morgan fingerprint density at radius 2 is 2.00 bits per heavy atom. The molecule has 0 fully saturated rings. The maximum Gasteiger partial charge on any atom is 0.233 e. The molecule has 76 valence electrons. The largest absolute Gasteiger partial charge is 0.460 e. The van der Waals surface area contributed by atoms with Gasteiger partial charge in [-0.15, -0.1) is 6.42 Å². The van der Waals surface area contributed by atoms with Crippen molar-refractivity contribution in [1.29, 1.82) is 0 Å². The van der Waals surface area contributed by atoms with Crippen LogP contribution in [-0.2, 0) is 0 Å². The van der Waals surface area contributed by atoms with Crippen LogP contribution in [0.1, 0.15) is 26.5 Å². The van der Waals surface area contributed by atoms with Crippen molar-refractivity contribution in [2.45, 2.75) is 33.8 Å². The number of aryl methyl sites for hydroxylation is 1. The minimum absolute atomic E-state index is 0.262. The van der Waals surface area contributed by atoms with Gasteiger partial charge in [0.1, 0.15) is 0 Å². The number of aromatic nitrogens is 2. The fraction of sp³-hybridized carbons (Fsp3) is 0.455. The predicted molar refractivity (Wildman–Crippen MR) is 57.0 cm³/mol. The zero-order chi connectivity index (χ0) is 11.0. The van der Waals surface area contributed by atoms with Crippen molar-refractivity contribution < 1.29 is 4.74 Å². The summed E-state index contributed by atoms with van der Waals surface area (Å²) in [5, 5.41) is 0. The molecule has 3 heteroatoms. The zero-order valence-corrected chi connectivity index (χ0v) is 9.11. The van der Waals surface area contributed by atoms with Crippen molar-refractivity contribution in [3.63, 3.8) is 0 Å². The highest BCUT2D eigenvalue weighted by Crippen LogP contribution is 2.05. The molecule has 1 aromatic heterocycles. The molecule has 0 saturated heterocycles. The van der Waals surface area contributed by atoms with Gasteiger partial charge in [0, 0.05) is 0 Å². The molecular weight excluding hydrogens is 176 g/mol. The molecule has 1 rings (SSSR count). The zero-order valence-electron chi connectivity index (χ0n) is 9.11. The van der Waals surface area contributed by atoms with Gasteiger partial charge in [0.2, 0.25) is 5.88 Å². The number of ether oxygens (including phenoxy) is 1. The Labute approximate surface area is 85.5 Å². The summed E-state index contributed by atoms with van der Waals surface area (Å²) in [6, 6.07) is 0. The minimum atomic E-state index is -0.262. The molecule has 0 spiro atoms. The third-order valence-electron chi connectivity index (χ3n) is 1.29. The maximum atomic E-state index is 5.21. The van der Waals surface area contributed by atoms with E-state index in [1.807, 2.05) is 20.8 Å². The second-order valence-electron chi connectivity index (χ2n) is 2.42. The Morgan fingerprint density at radius 3 is 2.43 bits per heavy atom. The van der Waals surface area contributed by atoms with E-state index >= 15 is 0 Å². The van der Waals surface area contributed by atoms with Gasteiger partial charge in [-0.25, -0.2) is 4.98 Å². The third kappa shape index (κ3) is 4.46. The second kappa shape index (κ2) is 6.90. The van der Waals surface area contributed by atoms with E-state index in [2.05, 4.69) is 15.9 Å². The summed E-state index contributed by atoms with van der Waals surface area (Å²) in [6.07, 6.45) is 8.06. The first-order valence-corrected chi connectivity index (χ1v) is 4.64. The summed E-state index contributed by atoms with van der Waals surface area (Å²) in [6.45, 7) is 7.64. The summed E-state index contributed by atoms with van der Waals surface area (Å²) in [7, 11) is 0. The minimum Gasteiger partial charge on any atom is -0.460 e. The van der Waals surface area contributed by atoms with E-state index in [0.717, 1.165) is 5.69 Å². The Bertz CT molecular complexity index is 287. The van der Waals surface area contributed by atoms with Gasteiger partial charge in [0.05, 0.1) is 18.1 Å². The standard InChI is InChI=1S/C9H10N2O.C2H6/c1-4-8(3)12-9-6-10-7(2)5-11-9;1-2/h1,5-6,8H,2-3H3;1-2H3/t8-;/m0./s1. The van der Waals surface area contributed by atoms with Gasteiger partial charge in [-0.1, -0.05) is 19.8 Å². The summed E-state index contributed by atoms with van der Waals surface area (Å²) in [4.78, 5) is 8.00. The predicted octanol–water partition coefficient (Wildman–Crippen LogP) is 2.21. The van der Waals surface area contributed by atoms with Crippen molar-refractivity contribution in [3.05, 3.63) is 18.1 Å². The van der Waals surface area contributed by atoms with E-state index in [1.54, 1.807) is 19.3 Å². The number of hydrogen-bond acceptors (Lipinski definition) is 3. The van der Waals surface area contributed by atoms with E-state index in [4.69, 9.17) is 11.2 Å². The number of rotatable bonds is 2. The third-order valence-corrected chi connectivity index (χ3v) is 1.29. The number of hydrogen-bond donors (Lipinski definition) is 0. The topological polar surface area (TPSA) is 35.0 Å². The molecule has 0 saturated carbocycles. The number of nitrogens with zero attached hydrogens (tertiary/aromatic N) is 2. The molecule has 0 amide bonds. The van der Waals surface area contributed by atoms with Gasteiger partial charge in [-0.3, -0.25) is 4.98 Å². The van der Waals surface area contributed by atoms with E-state index < -0.39 is 0 Å². The van der Waals surface area contributed by atoms with Crippen molar-refractivity contribution in [3.8, 4) is 18.2 Å². The lowest BCUT2D eigenvalue weighted by molar-refractivity contribution is 0.266. The van der Waals surface area contributed by atoms with Crippen LogP contribution in [-0.4, -0.2) is 16.1 Å². The van der Waals surface area contributed by atoms with Crippen LogP contribution in [0.5, 0.6) is 5.88 Å². The van der Waals surface area contributed by atoms with Crippen LogP contribution in [0.3, 0.4) is 0 Å². The summed E-state index contributed by atoms with van der Waals surface area (Å²) in [5.74, 6) is 2.90. The highest BCUT2D eigenvalue weighted by molar-refractivity contribution is 5.08. The van der Waals surface area contributed by atoms with E-state index in [1.165, 1.54) is 0 Å². The fourth-order valence-electron chi connectivity index (χ4n) is 0.657. The van der Waals surface area contributed by atoms with Gasteiger partial charge in [-0.05, 0) is 13.8 Å². The summed E-state index contributed by atoms with van der Waals surface area (Å²) in [5.41, 5.74) is 0.857. The summed E-state index contributed by atoms with van der Waals surface area (Å²) < 4.78 is 5.21. The van der Waals surface area contributed by atoms with Crippen LogP contribution in [0.25, 0.3) is 0 Å². The van der Waals surface area contributed by atoms with Crippen LogP contribution < -0.4 is 4.74 Å². The van der Waals surface area contributed by atoms with Crippen LogP contribution in [0.2, 0.25) is 0 Å². The molecule has 0 radical (unpaired) electrons.